The van der Waals surface area contributed by atoms with E-state index < -0.39 is 6.10 Å². The Kier molecular flexibility index (Phi) is 5.55. The molecule has 0 aliphatic rings. The summed E-state index contributed by atoms with van der Waals surface area (Å²) in [5.74, 6) is 0.795. The van der Waals surface area contributed by atoms with Gasteiger partial charge in [0.05, 0.1) is 13.2 Å². The Morgan fingerprint density at radius 2 is 1.55 bits per heavy atom. The minimum atomic E-state index is -1.25. The van der Waals surface area contributed by atoms with Crippen LogP contribution in [-0.4, -0.2) is 24.1 Å². The summed E-state index contributed by atoms with van der Waals surface area (Å²) in [6, 6.07) is 13.8. The number of hydrogen-bond acceptors (Lipinski definition) is 4. The van der Waals surface area contributed by atoms with Crippen LogP contribution in [0.2, 0.25) is 0 Å². The van der Waals surface area contributed by atoms with Gasteiger partial charge < -0.3 is 14.6 Å². The van der Waals surface area contributed by atoms with Crippen LogP contribution < -0.4 is 9.47 Å². The molecule has 0 fully saturated rings. The summed E-state index contributed by atoms with van der Waals surface area (Å²) in [4.78, 5) is 12.4. The van der Waals surface area contributed by atoms with E-state index in [1.165, 1.54) is 0 Å². The topological polar surface area (TPSA) is 55.8 Å². The van der Waals surface area contributed by atoms with Crippen molar-refractivity contribution in [1.82, 2.24) is 0 Å². The maximum absolute atomic E-state index is 12.4. The van der Waals surface area contributed by atoms with Crippen molar-refractivity contribution in [3.8, 4) is 11.5 Å². The molecular formula is C18H20O4. The van der Waals surface area contributed by atoms with Crippen molar-refractivity contribution in [3.05, 3.63) is 59.7 Å². The standard InChI is InChI=1S/C18H20O4/c1-3-21-15-10-14(11-16(12-15)22-4-2)18(20)17(19)13-8-6-5-7-9-13/h5-12,18,20H,3-4H2,1-2H3. The Hall–Kier alpha value is -2.33. The lowest BCUT2D eigenvalue weighted by molar-refractivity contribution is 0.0746. The van der Waals surface area contributed by atoms with Crippen LogP contribution in [0.3, 0.4) is 0 Å². The summed E-state index contributed by atoms with van der Waals surface area (Å²) < 4.78 is 10.9. The SMILES string of the molecule is CCOc1cc(OCC)cc(C(O)C(=O)c2ccccc2)c1. The number of aliphatic hydroxyl groups is 1. The van der Waals surface area contributed by atoms with Gasteiger partial charge in [-0.2, -0.15) is 0 Å². The first-order chi connectivity index (χ1) is 10.7. The third-order valence-electron chi connectivity index (χ3n) is 3.15. The number of benzene rings is 2. The number of hydrogen-bond donors (Lipinski definition) is 1. The van der Waals surface area contributed by atoms with Crippen LogP contribution >= 0.6 is 0 Å². The van der Waals surface area contributed by atoms with Gasteiger partial charge in [-0.1, -0.05) is 30.3 Å². The summed E-state index contributed by atoms with van der Waals surface area (Å²) >= 11 is 0. The number of ketones is 1. The molecule has 0 amide bonds. The summed E-state index contributed by atoms with van der Waals surface area (Å²) in [6.45, 7) is 4.74. The molecular weight excluding hydrogens is 280 g/mol. The van der Waals surface area contributed by atoms with Gasteiger partial charge in [-0.15, -0.1) is 0 Å². The minimum absolute atomic E-state index is 0.350. The largest absolute Gasteiger partial charge is 0.494 e. The maximum atomic E-state index is 12.4. The predicted octanol–water partition coefficient (Wildman–Crippen LogP) is 3.40. The second kappa shape index (κ2) is 7.61. The van der Waals surface area contributed by atoms with E-state index in [4.69, 9.17) is 9.47 Å². The van der Waals surface area contributed by atoms with E-state index >= 15 is 0 Å². The molecule has 1 unspecified atom stereocenters. The third-order valence-corrected chi connectivity index (χ3v) is 3.15. The van der Waals surface area contributed by atoms with Crippen molar-refractivity contribution in [2.24, 2.45) is 0 Å². The number of ether oxygens (including phenoxy) is 2. The zero-order valence-corrected chi connectivity index (χ0v) is 12.8. The molecule has 0 aliphatic carbocycles. The van der Waals surface area contributed by atoms with Gasteiger partial charge in [0.15, 0.2) is 5.78 Å². The lowest BCUT2D eigenvalue weighted by Crippen LogP contribution is -2.12. The van der Waals surface area contributed by atoms with Crippen LogP contribution in [0.1, 0.15) is 35.9 Å². The lowest BCUT2D eigenvalue weighted by Gasteiger charge is -2.14. The Labute approximate surface area is 130 Å². The number of Topliss-reactive ketones (excluding diaryl/α,β-unsaturated/α-hetero) is 1. The molecule has 0 bridgehead atoms. The van der Waals surface area contributed by atoms with Crippen molar-refractivity contribution in [1.29, 1.82) is 0 Å². The number of rotatable bonds is 7. The molecule has 22 heavy (non-hydrogen) atoms. The monoisotopic (exact) mass is 300 g/mol. The van der Waals surface area contributed by atoms with Crippen molar-refractivity contribution >= 4 is 5.78 Å². The van der Waals surface area contributed by atoms with E-state index in [0.29, 0.717) is 35.8 Å². The molecule has 0 spiro atoms. The molecule has 4 nitrogen and oxygen atoms in total. The van der Waals surface area contributed by atoms with Gasteiger partial charge in [0.25, 0.3) is 0 Å². The molecule has 1 atom stereocenters. The van der Waals surface area contributed by atoms with Gasteiger partial charge in [-0.3, -0.25) is 4.79 Å². The maximum Gasteiger partial charge on any atom is 0.195 e. The van der Waals surface area contributed by atoms with Gasteiger partial charge in [-0.05, 0) is 31.5 Å². The van der Waals surface area contributed by atoms with Crippen LogP contribution in [-0.2, 0) is 0 Å². The highest BCUT2D eigenvalue weighted by molar-refractivity contribution is 5.99. The Balaban J connectivity index is 2.31. The van der Waals surface area contributed by atoms with E-state index in [1.807, 2.05) is 19.9 Å². The number of carbonyl (C=O) groups excluding carboxylic acids is 1. The van der Waals surface area contributed by atoms with Crippen LogP contribution in [0.5, 0.6) is 11.5 Å². The third kappa shape index (κ3) is 3.86. The minimum Gasteiger partial charge on any atom is -0.494 e. The first kappa shape index (κ1) is 16.0. The first-order valence-electron chi connectivity index (χ1n) is 7.33. The number of aliphatic hydroxyl groups excluding tert-OH is 1. The second-order valence-corrected chi connectivity index (χ2v) is 4.74. The van der Waals surface area contributed by atoms with Gasteiger partial charge >= 0.3 is 0 Å². The molecule has 2 aromatic rings. The lowest BCUT2D eigenvalue weighted by atomic mass is 9.99. The molecule has 4 heteroatoms. The average Bonchev–Trinajstić information content (AvgIpc) is 2.55. The fraction of sp³-hybridized carbons (Fsp3) is 0.278. The van der Waals surface area contributed by atoms with Gasteiger partial charge in [0, 0.05) is 11.6 Å². The van der Waals surface area contributed by atoms with Gasteiger partial charge in [0.2, 0.25) is 0 Å². The molecule has 2 aromatic carbocycles. The molecule has 0 saturated carbocycles. The van der Waals surface area contributed by atoms with Crippen LogP contribution in [0.4, 0.5) is 0 Å². The predicted molar refractivity (Wildman–Crippen MR) is 84.5 cm³/mol. The molecule has 2 rings (SSSR count). The van der Waals surface area contributed by atoms with Crippen molar-refractivity contribution in [2.45, 2.75) is 20.0 Å². The Bertz CT molecular complexity index is 598. The van der Waals surface area contributed by atoms with Crippen molar-refractivity contribution in [2.75, 3.05) is 13.2 Å². The fourth-order valence-electron chi connectivity index (χ4n) is 2.16. The average molecular weight is 300 g/mol. The van der Waals surface area contributed by atoms with Crippen molar-refractivity contribution in [3.63, 3.8) is 0 Å². The summed E-state index contributed by atoms with van der Waals surface area (Å²) in [5, 5.41) is 10.4. The van der Waals surface area contributed by atoms with Gasteiger partial charge in [0.1, 0.15) is 17.6 Å². The first-order valence-corrected chi connectivity index (χ1v) is 7.33. The summed E-state index contributed by atoms with van der Waals surface area (Å²) in [6.07, 6.45) is -1.25. The fourth-order valence-corrected chi connectivity index (χ4v) is 2.16. The summed E-state index contributed by atoms with van der Waals surface area (Å²) in [7, 11) is 0. The molecule has 0 aliphatic heterocycles. The highest BCUT2D eigenvalue weighted by Gasteiger charge is 2.20. The van der Waals surface area contributed by atoms with E-state index in [9.17, 15) is 9.90 Å². The quantitative estimate of drug-likeness (QED) is 0.796. The van der Waals surface area contributed by atoms with Crippen LogP contribution in [0.15, 0.2) is 48.5 Å². The zero-order chi connectivity index (χ0) is 15.9. The second-order valence-electron chi connectivity index (χ2n) is 4.74. The molecule has 0 aromatic heterocycles. The number of carbonyl (C=O) groups is 1. The Morgan fingerprint density at radius 3 is 2.05 bits per heavy atom. The van der Waals surface area contributed by atoms with E-state index in [0.717, 1.165) is 0 Å². The summed E-state index contributed by atoms with van der Waals surface area (Å²) in [5.41, 5.74) is 0.929. The Morgan fingerprint density at radius 1 is 1.00 bits per heavy atom. The molecule has 1 N–H and O–H groups in total. The van der Waals surface area contributed by atoms with Gasteiger partial charge in [-0.25, -0.2) is 0 Å². The van der Waals surface area contributed by atoms with E-state index in [2.05, 4.69) is 0 Å². The smallest absolute Gasteiger partial charge is 0.195 e. The van der Waals surface area contributed by atoms with E-state index in [-0.39, 0.29) is 5.78 Å². The molecule has 0 radical (unpaired) electrons. The van der Waals surface area contributed by atoms with E-state index in [1.54, 1.807) is 42.5 Å². The molecule has 0 heterocycles. The van der Waals surface area contributed by atoms with Crippen LogP contribution in [0.25, 0.3) is 0 Å². The zero-order valence-electron chi connectivity index (χ0n) is 12.8. The highest BCUT2D eigenvalue weighted by Crippen LogP contribution is 2.28. The molecule has 0 saturated heterocycles. The van der Waals surface area contributed by atoms with Crippen molar-refractivity contribution < 1.29 is 19.4 Å². The highest BCUT2D eigenvalue weighted by atomic mass is 16.5. The van der Waals surface area contributed by atoms with Crippen LogP contribution in [0, 0.1) is 0 Å². The normalized spacial score (nSPS) is 11.8. The molecule has 116 valence electrons.